The predicted molar refractivity (Wildman–Crippen MR) is 86.5 cm³/mol. The molecule has 2 saturated heterocycles. The van der Waals surface area contributed by atoms with Gasteiger partial charge in [-0.1, -0.05) is 6.07 Å². The Balaban J connectivity index is 1.51. The van der Waals surface area contributed by atoms with Crippen molar-refractivity contribution in [3.8, 4) is 5.75 Å². The van der Waals surface area contributed by atoms with Gasteiger partial charge in [-0.2, -0.15) is 0 Å². The lowest BCUT2D eigenvalue weighted by Crippen LogP contribution is -2.29. The van der Waals surface area contributed by atoms with Gasteiger partial charge in [0, 0.05) is 24.9 Å². The van der Waals surface area contributed by atoms with E-state index in [4.69, 9.17) is 19.9 Å². The molecular formula is C17H24N2O4. The molecule has 0 spiro atoms. The highest BCUT2D eigenvalue weighted by Crippen LogP contribution is 2.23. The second-order valence-corrected chi connectivity index (χ2v) is 6.02. The molecule has 0 aliphatic carbocycles. The third-order valence-electron chi connectivity index (χ3n) is 4.22. The standard InChI is InChI=1S/C17H24N2O4/c18-10-14-6-7-16(23-14)17(20)19-12-3-1-4-13(9-12)22-11-15-5-2-8-21-15/h1,3-4,9,14-16H,2,5-8,10-11,18H2,(H,19,20)/t14-,15?,16+/m1/s1. The molecule has 0 bridgehead atoms. The van der Waals surface area contributed by atoms with Gasteiger partial charge in [0.2, 0.25) is 0 Å². The highest BCUT2D eigenvalue weighted by molar-refractivity contribution is 5.94. The minimum atomic E-state index is -0.417. The molecule has 0 radical (unpaired) electrons. The van der Waals surface area contributed by atoms with Crippen molar-refractivity contribution >= 4 is 11.6 Å². The average Bonchev–Trinajstić information content (AvgIpc) is 3.25. The van der Waals surface area contributed by atoms with Crippen LogP contribution in [0.15, 0.2) is 24.3 Å². The van der Waals surface area contributed by atoms with Crippen molar-refractivity contribution < 1.29 is 19.0 Å². The zero-order chi connectivity index (χ0) is 16.1. The maximum absolute atomic E-state index is 12.2. The van der Waals surface area contributed by atoms with E-state index in [-0.39, 0.29) is 18.1 Å². The summed E-state index contributed by atoms with van der Waals surface area (Å²) in [6, 6.07) is 7.40. The summed E-state index contributed by atoms with van der Waals surface area (Å²) in [5, 5.41) is 2.88. The molecule has 6 heteroatoms. The van der Waals surface area contributed by atoms with Gasteiger partial charge in [-0.15, -0.1) is 0 Å². The van der Waals surface area contributed by atoms with Gasteiger partial charge in [0.25, 0.3) is 5.91 Å². The molecule has 1 unspecified atom stereocenters. The summed E-state index contributed by atoms with van der Waals surface area (Å²) in [6.45, 7) is 1.81. The van der Waals surface area contributed by atoms with E-state index in [9.17, 15) is 4.79 Å². The van der Waals surface area contributed by atoms with Crippen LogP contribution in [0.3, 0.4) is 0 Å². The number of nitrogens with one attached hydrogen (secondary N) is 1. The second-order valence-electron chi connectivity index (χ2n) is 6.02. The van der Waals surface area contributed by atoms with Crippen molar-refractivity contribution in [1.29, 1.82) is 0 Å². The first-order valence-corrected chi connectivity index (χ1v) is 8.25. The molecule has 3 atom stereocenters. The molecular weight excluding hydrogens is 296 g/mol. The third kappa shape index (κ3) is 4.43. The van der Waals surface area contributed by atoms with Crippen molar-refractivity contribution in [3.63, 3.8) is 0 Å². The average molecular weight is 320 g/mol. The second kappa shape index (κ2) is 7.77. The number of carbonyl (C=O) groups excluding carboxylic acids is 1. The molecule has 3 rings (SSSR count). The number of amides is 1. The first kappa shape index (κ1) is 16.2. The van der Waals surface area contributed by atoms with E-state index in [0.717, 1.165) is 31.6 Å². The van der Waals surface area contributed by atoms with Crippen LogP contribution >= 0.6 is 0 Å². The van der Waals surface area contributed by atoms with Gasteiger partial charge in [-0.05, 0) is 37.8 Å². The number of hydrogen-bond donors (Lipinski definition) is 2. The maximum Gasteiger partial charge on any atom is 0.253 e. The first-order chi connectivity index (χ1) is 11.2. The fourth-order valence-electron chi connectivity index (χ4n) is 2.92. The topological polar surface area (TPSA) is 82.8 Å². The summed E-state index contributed by atoms with van der Waals surface area (Å²) in [5.41, 5.74) is 6.28. The molecule has 0 aromatic heterocycles. The quantitative estimate of drug-likeness (QED) is 0.833. The van der Waals surface area contributed by atoms with Gasteiger partial charge in [0.15, 0.2) is 0 Å². The number of carbonyl (C=O) groups is 1. The summed E-state index contributed by atoms with van der Waals surface area (Å²) >= 11 is 0. The molecule has 2 fully saturated rings. The van der Waals surface area contributed by atoms with Crippen molar-refractivity contribution in [3.05, 3.63) is 24.3 Å². The first-order valence-electron chi connectivity index (χ1n) is 8.25. The van der Waals surface area contributed by atoms with E-state index in [1.54, 1.807) is 0 Å². The molecule has 2 aliphatic heterocycles. The molecule has 2 aliphatic rings. The molecule has 126 valence electrons. The Morgan fingerprint density at radius 1 is 1.30 bits per heavy atom. The Morgan fingerprint density at radius 3 is 2.96 bits per heavy atom. The lowest BCUT2D eigenvalue weighted by atomic mass is 10.2. The van der Waals surface area contributed by atoms with Crippen LogP contribution < -0.4 is 15.8 Å². The van der Waals surface area contributed by atoms with E-state index in [1.165, 1.54) is 0 Å². The smallest absolute Gasteiger partial charge is 0.253 e. The normalized spacial score (nSPS) is 27.1. The van der Waals surface area contributed by atoms with E-state index < -0.39 is 6.10 Å². The molecule has 2 heterocycles. The van der Waals surface area contributed by atoms with Crippen LogP contribution in [-0.2, 0) is 14.3 Å². The fraction of sp³-hybridized carbons (Fsp3) is 0.588. The van der Waals surface area contributed by atoms with Gasteiger partial charge in [0.1, 0.15) is 18.5 Å². The Morgan fingerprint density at radius 2 is 2.22 bits per heavy atom. The molecule has 1 aromatic carbocycles. The van der Waals surface area contributed by atoms with Crippen LogP contribution in [0.2, 0.25) is 0 Å². The molecule has 23 heavy (non-hydrogen) atoms. The summed E-state index contributed by atoms with van der Waals surface area (Å²) in [7, 11) is 0. The predicted octanol–water partition coefficient (Wildman–Crippen LogP) is 1.69. The van der Waals surface area contributed by atoms with Gasteiger partial charge in [-0.3, -0.25) is 4.79 Å². The number of hydrogen-bond acceptors (Lipinski definition) is 5. The Hall–Kier alpha value is -1.63. The molecule has 0 saturated carbocycles. The van der Waals surface area contributed by atoms with Crippen LogP contribution in [0.25, 0.3) is 0 Å². The van der Waals surface area contributed by atoms with E-state index >= 15 is 0 Å². The minimum absolute atomic E-state index is 0.00757. The number of benzene rings is 1. The molecule has 3 N–H and O–H groups in total. The zero-order valence-corrected chi connectivity index (χ0v) is 13.2. The van der Waals surface area contributed by atoms with Crippen LogP contribution in [0.1, 0.15) is 25.7 Å². The van der Waals surface area contributed by atoms with Crippen molar-refractivity contribution in [2.75, 3.05) is 25.1 Å². The fourth-order valence-corrected chi connectivity index (χ4v) is 2.92. The minimum Gasteiger partial charge on any atom is -0.491 e. The zero-order valence-electron chi connectivity index (χ0n) is 13.2. The van der Waals surface area contributed by atoms with Crippen LogP contribution in [0.4, 0.5) is 5.69 Å². The SMILES string of the molecule is NC[C@H]1CC[C@@H](C(=O)Nc2cccc(OCC3CCCO3)c2)O1. The van der Waals surface area contributed by atoms with Gasteiger partial charge < -0.3 is 25.3 Å². The van der Waals surface area contributed by atoms with E-state index in [2.05, 4.69) is 5.32 Å². The van der Waals surface area contributed by atoms with Crippen molar-refractivity contribution in [2.24, 2.45) is 5.73 Å². The molecule has 1 amide bonds. The van der Waals surface area contributed by atoms with Crippen molar-refractivity contribution in [2.45, 2.75) is 44.0 Å². The highest BCUT2D eigenvalue weighted by atomic mass is 16.5. The Bertz CT molecular complexity index is 531. The van der Waals surface area contributed by atoms with Crippen LogP contribution in [-0.4, -0.2) is 44.0 Å². The van der Waals surface area contributed by atoms with Gasteiger partial charge >= 0.3 is 0 Å². The number of rotatable bonds is 6. The van der Waals surface area contributed by atoms with E-state index in [1.807, 2.05) is 24.3 Å². The van der Waals surface area contributed by atoms with Gasteiger partial charge in [0.05, 0.1) is 12.2 Å². The molecule has 1 aromatic rings. The van der Waals surface area contributed by atoms with Crippen molar-refractivity contribution in [1.82, 2.24) is 0 Å². The summed E-state index contributed by atoms with van der Waals surface area (Å²) in [4.78, 5) is 12.2. The Labute approximate surface area is 136 Å². The summed E-state index contributed by atoms with van der Waals surface area (Å²) < 4.78 is 16.9. The summed E-state index contributed by atoms with van der Waals surface area (Å²) in [5.74, 6) is 0.600. The lowest BCUT2D eigenvalue weighted by Gasteiger charge is -2.14. The lowest BCUT2D eigenvalue weighted by molar-refractivity contribution is -0.126. The highest BCUT2D eigenvalue weighted by Gasteiger charge is 2.29. The Kier molecular flexibility index (Phi) is 5.48. The van der Waals surface area contributed by atoms with E-state index in [0.29, 0.717) is 25.3 Å². The molecule has 6 nitrogen and oxygen atoms in total. The maximum atomic E-state index is 12.2. The van der Waals surface area contributed by atoms with Crippen LogP contribution in [0.5, 0.6) is 5.75 Å². The monoisotopic (exact) mass is 320 g/mol. The summed E-state index contributed by atoms with van der Waals surface area (Å²) in [6.07, 6.45) is 3.43. The number of ether oxygens (including phenoxy) is 3. The third-order valence-corrected chi connectivity index (χ3v) is 4.22. The largest absolute Gasteiger partial charge is 0.491 e. The number of anilines is 1. The number of nitrogens with two attached hydrogens (primary N) is 1. The van der Waals surface area contributed by atoms with Gasteiger partial charge in [-0.25, -0.2) is 0 Å². The van der Waals surface area contributed by atoms with Crippen LogP contribution in [0, 0.1) is 0 Å².